The summed E-state index contributed by atoms with van der Waals surface area (Å²) >= 11 is 1.05. The van der Waals surface area contributed by atoms with E-state index in [2.05, 4.69) is 0 Å². The first-order valence-electron chi connectivity index (χ1n) is 2.67. The van der Waals surface area contributed by atoms with Crippen molar-refractivity contribution in [2.24, 2.45) is 11.7 Å². The van der Waals surface area contributed by atoms with Crippen molar-refractivity contribution < 1.29 is 13.2 Å². The van der Waals surface area contributed by atoms with Crippen LogP contribution in [-0.2, 0) is 0 Å². The zero-order chi connectivity index (χ0) is 7.78. The molecule has 0 aromatic rings. The topological polar surface area (TPSA) is 26.0 Å². The van der Waals surface area contributed by atoms with Gasteiger partial charge in [-0.05, 0) is 6.08 Å². The summed E-state index contributed by atoms with van der Waals surface area (Å²) in [7, 11) is 0. The standard InChI is InChI=1S/C5H6F3NS/c6-5(7,8)3-1-4(9)10-2-3/h1,3H,2,9H2. The van der Waals surface area contributed by atoms with Crippen molar-refractivity contribution in [1.82, 2.24) is 0 Å². The van der Waals surface area contributed by atoms with Gasteiger partial charge in [0.25, 0.3) is 0 Å². The zero-order valence-electron chi connectivity index (χ0n) is 4.98. The van der Waals surface area contributed by atoms with Gasteiger partial charge in [0.1, 0.15) is 0 Å². The van der Waals surface area contributed by atoms with E-state index in [0.717, 1.165) is 17.8 Å². The first-order chi connectivity index (χ1) is 4.50. The smallest absolute Gasteiger partial charge is 0.394 e. The third kappa shape index (κ3) is 1.59. The summed E-state index contributed by atoms with van der Waals surface area (Å²) in [5.41, 5.74) is 5.15. The minimum atomic E-state index is -4.12. The summed E-state index contributed by atoms with van der Waals surface area (Å²) in [6.07, 6.45) is -3.06. The van der Waals surface area contributed by atoms with Gasteiger partial charge in [-0.25, -0.2) is 0 Å². The molecule has 0 aromatic carbocycles. The molecular formula is C5H6F3NS. The SMILES string of the molecule is NC1=CC(C(F)(F)F)CS1. The van der Waals surface area contributed by atoms with E-state index >= 15 is 0 Å². The quantitative estimate of drug-likeness (QED) is 0.597. The van der Waals surface area contributed by atoms with Gasteiger partial charge in [0.05, 0.1) is 10.9 Å². The summed E-state index contributed by atoms with van der Waals surface area (Å²) in [5.74, 6) is -1.30. The Morgan fingerprint density at radius 2 is 2.20 bits per heavy atom. The third-order valence-electron chi connectivity index (χ3n) is 1.22. The molecular weight excluding hydrogens is 163 g/mol. The van der Waals surface area contributed by atoms with E-state index in [-0.39, 0.29) is 10.8 Å². The fourth-order valence-corrected chi connectivity index (χ4v) is 1.59. The highest BCUT2D eigenvalue weighted by atomic mass is 32.2. The average Bonchev–Trinajstić information content (AvgIpc) is 2.11. The minimum absolute atomic E-state index is 0.0370. The lowest BCUT2D eigenvalue weighted by atomic mass is 10.2. The summed E-state index contributed by atoms with van der Waals surface area (Å²) in [6, 6.07) is 0. The van der Waals surface area contributed by atoms with E-state index in [9.17, 15) is 13.2 Å². The Morgan fingerprint density at radius 3 is 2.40 bits per heavy atom. The van der Waals surface area contributed by atoms with Crippen molar-refractivity contribution in [3.8, 4) is 0 Å². The summed E-state index contributed by atoms with van der Waals surface area (Å²) in [5, 5.41) is 0.280. The fourth-order valence-electron chi connectivity index (χ4n) is 0.669. The van der Waals surface area contributed by atoms with Crippen LogP contribution in [-0.4, -0.2) is 11.9 Å². The van der Waals surface area contributed by atoms with Gasteiger partial charge < -0.3 is 5.73 Å². The summed E-state index contributed by atoms with van der Waals surface area (Å²) < 4.78 is 35.5. The molecule has 0 aliphatic carbocycles. The van der Waals surface area contributed by atoms with Crippen LogP contribution in [0.5, 0.6) is 0 Å². The Morgan fingerprint density at radius 1 is 1.60 bits per heavy atom. The van der Waals surface area contributed by atoms with Crippen molar-refractivity contribution in [3.05, 3.63) is 11.1 Å². The number of allylic oxidation sites excluding steroid dienone is 1. The maximum Gasteiger partial charge on any atom is 0.396 e. The number of alkyl halides is 3. The molecule has 1 nitrogen and oxygen atoms in total. The van der Waals surface area contributed by atoms with Gasteiger partial charge in [-0.2, -0.15) is 13.2 Å². The van der Waals surface area contributed by atoms with Crippen LogP contribution in [0.3, 0.4) is 0 Å². The number of halogens is 3. The second-order valence-electron chi connectivity index (χ2n) is 2.03. The lowest BCUT2D eigenvalue weighted by molar-refractivity contribution is -0.154. The number of hydrogen-bond acceptors (Lipinski definition) is 2. The highest BCUT2D eigenvalue weighted by molar-refractivity contribution is 8.03. The maximum absolute atomic E-state index is 11.8. The molecule has 2 N–H and O–H groups in total. The molecule has 1 unspecified atom stereocenters. The molecule has 1 aliphatic heterocycles. The minimum Gasteiger partial charge on any atom is -0.394 e. The molecule has 1 aliphatic rings. The van der Waals surface area contributed by atoms with E-state index < -0.39 is 12.1 Å². The monoisotopic (exact) mass is 169 g/mol. The van der Waals surface area contributed by atoms with Gasteiger partial charge in [-0.15, -0.1) is 11.8 Å². The Kier molecular flexibility index (Phi) is 1.85. The zero-order valence-corrected chi connectivity index (χ0v) is 5.80. The molecule has 5 heteroatoms. The van der Waals surface area contributed by atoms with Crippen LogP contribution in [0.15, 0.2) is 11.1 Å². The summed E-state index contributed by atoms with van der Waals surface area (Å²) in [4.78, 5) is 0. The van der Waals surface area contributed by atoms with Crippen LogP contribution < -0.4 is 5.73 Å². The van der Waals surface area contributed by atoms with Crippen LogP contribution >= 0.6 is 11.8 Å². The molecule has 0 amide bonds. The van der Waals surface area contributed by atoms with Crippen LogP contribution in [0.4, 0.5) is 13.2 Å². The Labute approximate surface area is 60.5 Å². The second-order valence-corrected chi connectivity index (χ2v) is 3.12. The molecule has 0 aromatic heterocycles. The van der Waals surface area contributed by atoms with Gasteiger partial charge in [0, 0.05) is 5.75 Å². The normalized spacial score (nSPS) is 26.7. The molecule has 1 heterocycles. The van der Waals surface area contributed by atoms with Crippen LogP contribution in [0.2, 0.25) is 0 Å². The van der Waals surface area contributed by atoms with Gasteiger partial charge in [-0.3, -0.25) is 0 Å². The molecule has 0 saturated carbocycles. The third-order valence-corrected chi connectivity index (χ3v) is 2.21. The van der Waals surface area contributed by atoms with E-state index in [1.807, 2.05) is 0 Å². The maximum atomic E-state index is 11.8. The van der Waals surface area contributed by atoms with E-state index in [0.29, 0.717) is 0 Å². The van der Waals surface area contributed by atoms with Gasteiger partial charge in [-0.1, -0.05) is 0 Å². The van der Waals surface area contributed by atoms with Crippen molar-refractivity contribution in [3.63, 3.8) is 0 Å². The van der Waals surface area contributed by atoms with Crippen molar-refractivity contribution >= 4 is 11.8 Å². The Balaban J connectivity index is 2.61. The van der Waals surface area contributed by atoms with Gasteiger partial charge in [0.2, 0.25) is 0 Å². The first kappa shape index (κ1) is 7.78. The van der Waals surface area contributed by atoms with Crippen molar-refractivity contribution in [1.29, 1.82) is 0 Å². The van der Waals surface area contributed by atoms with Gasteiger partial charge >= 0.3 is 6.18 Å². The largest absolute Gasteiger partial charge is 0.396 e. The predicted octanol–water partition coefficient (Wildman–Crippen LogP) is 1.71. The van der Waals surface area contributed by atoms with Crippen LogP contribution in [0, 0.1) is 5.92 Å². The molecule has 0 bridgehead atoms. The summed E-state index contributed by atoms with van der Waals surface area (Å²) in [6.45, 7) is 0. The number of nitrogens with two attached hydrogens (primary N) is 1. The lowest BCUT2D eigenvalue weighted by Gasteiger charge is -2.09. The molecule has 1 rings (SSSR count). The first-order valence-corrected chi connectivity index (χ1v) is 3.65. The predicted molar refractivity (Wildman–Crippen MR) is 34.3 cm³/mol. The van der Waals surface area contributed by atoms with Crippen molar-refractivity contribution in [2.75, 3.05) is 5.75 Å². The van der Waals surface area contributed by atoms with E-state index in [4.69, 9.17) is 5.73 Å². The molecule has 1 atom stereocenters. The number of rotatable bonds is 0. The highest BCUT2D eigenvalue weighted by Gasteiger charge is 2.40. The lowest BCUT2D eigenvalue weighted by Crippen LogP contribution is -2.20. The molecule has 10 heavy (non-hydrogen) atoms. The molecule has 0 saturated heterocycles. The van der Waals surface area contributed by atoms with Crippen LogP contribution in [0.25, 0.3) is 0 Å². The number of hydrogen-bond donors (Lipinski definition) is 1. The molecule has 0 spiro atoms. The highest BCUT2D eigenvalue weighted by Crippen LogP contribution is 2.36. The van der Waals surface area contributed by atoms with Crippen LogP contribution in [0.1, 0.15) is 0 Å². The van der Waals surface area contributed by atoms with E-state index in [1.54, 1.807) is 0 Å². The van der Waals surface area contributed by atoms with Crippen molar-refractivity contribution in [2.45, 2.75) is 6.18 Å². The Hall–Kier alpha value is -0.320. The molecule has 58 valence electrons. The molecule has 0 radical (unpaired) electrons. The Bertz CT molecular complexity index is 163. The average molecular weight is 169 g/mol. The number of thioether (sulfide) groups is 1. The second kappa shape index (κ2) is 2.38. The van der Waals surface area contributed by atoms with Gasteiger partial charge in [0.15, 0.2) is 0 Å². The van der Waals surface area contributed by atoms with E-state index in [1.165, 1.54) is 0 Å². The molecule has 0 fully saturated rings. The fraction of sp³-hybridized carbons (Fsp3) is 0.600.